The molecule has 1 aromatic carbocycles. The van der Waals surface area contributed by atoms with Gasteiger partial charge in [0.1, 0.15) is 5.75 Å². The maximum absolute atomic E-state index is 12.1. The summed E-state index contributed by atoms with van der Waals surface area (Å²) in [6, 6.07) is 5.48. The second kappa shape index (κ2) is 8.68. The van der Waals surface area contributed by atoms with Crippen LogP contribution in [0.5, 0.6) is 5.75 Å². The van der Waals surface area contributed by atoms with E-state index in [9.17, 15) is 13.2 Å². The van der Waals surface area contributed by atoms with E-state index in [1.165, 1.54) is 18.2 Å². The van der Waals surface area contributed by atoms with Gasteiger partial charge in [-0.05, 0) is 37.7 Å². The van der Waals surface area contributed by atoms with Crippen molar-refractivity contribution < 1.29 is 22.6 Å². The zero-order valence-corrected chi connectivity index (χ0v) is 12.3. The number of halogens is 3. The van der Waals surface area contributed by atoms with Crippen LogP contribution in [0, 0.1) is 0 Å². The SMILES string of the molecule is CCOCCCNC(=S)Nc1cccc(OC(F)(F)F)c1. The summed E-state index contributed by atoms with van der Waals surface area (Å²) in [6.45, 7) is 3.82. The molecule has 0 bridgehead atoms. The summed E-state index contributed by atoms with van der Waals surface area (Å²) in [5.41, 5.74) is 0.416. The molecule has 1 aromatic rings. The van der Waals surface area contributed by atoms with Gasteiger partial charge in [-0.15, -0.1) is 13.2 Å². The highest BCUT2D eigenvalue weighted by Gasteiger charge is 2.31. The van der Waals surface area contributed by atoms with Crippen LogP contribution in [0.15, 0.2) is 24.3 Å². The molecule has 0 amide bonds. The monoisotopic (exact) mass is 322 g/mol. The van der Waals surface area contributed by atoms with E-state index in [0.29, 0.717) is 30.6 Å². The van der Waals surface area contributed by atoms with Crippen LogP contribution in [0.25, 0.3) is 0 Å². The van der Waals surface area contributed by atoms with Gasteiger partial charge >= 0.3 is 6.36 Å². The summed E-state index contributed by atoms with van der Waals surface area (Å²) in [7, 11) is 0. The van der Waals surface area contributed by atoms with Gasteiger partial charge in [-0.1, -0.05) is 6.07 Å². The van der Waals surface area contributed by atoms with Gasteiger partial charge in [-0.2, -0.15) is 0 Å². The minimum absolute atomic E-state index is 0.299. The number of benzene rings is 1. The molecule has 0 radical (unpaired) electrons. The van der Waals surface area contributed by atoms with Gasteiger partial charge in [-0.3, -0.25) is 0 Å². The van der Waals surface area contributed by atoms with Gasteiger partial charge in [0.15, 0.2) is 5.11 Å². The van der Waals surface area contributed by atoms with Crippen LogP contribution in [0.3, 0.4) is 0 Å². The van der Waals surface area contributed by atoms with Gasteiger partial charge in [-0.25, -0.2) is 0 Å². The first-order valence-electron chi connectivity index (χ1n) is 6.39. The predicted octanol–water partition coefficient (Wildman–Crippen LogP) is 3.30. The molecule has 0 aliphatic carbocycles. The van der Waals surface area contributed by atoms with Crippen LogP contribution in [-0.4, -0.2) is 31.2 Å². The molecule has 0 saturated carbocycles. The van der Waals surface area contributed by atoms with Crippen molar-refractivity contribution in [1.82, 2.24) is 5.32 Å². The zero-order valence-electron chi connectivity index (χ0n) is 11.5. The van der Waals surface area contributed by atoms with E-state index in [2.05, 4.69) is 15.4 Å². The Kier molecular flexibility index (Phi) is 7.24. The van der Waals surface area contributed by atoms with E-state index in [4.69, 9.17) is 17.0 Å². The summed E-state index contributed by atoms with van der Waals surface area (Å²) in [5, 5.41) is 6.06. The molecule has 1 rings (SSSR count). The molecule has 0 heterocycles. The molecule has 0 spiro atoms. The van der Waals surface area contributed by atoms with Crippen molar-refractivity contribution in [2.24, 2.45) is 0 Å². The summed E-state index contributed by atoms with van der Waals surface area (Å²) >= 11 is 5.04. The number of nitrogens with one attached hydrogen (secondary N) is 2. The van der Waals surface area contributed by atoms with Crippen molar-refractivity contribution in [1.29, 1.82) is 0 Å². The lowest BCUT2D eigenvalue weighted by atomic mass is 10.3. The number of hydrogen-bond acceptors (Lipinski definition) is 3. The third kappa shape index (κ3) is 8.36. The minimum atomic E-state index is -4.71. The zero-order chi connectivity index (χ0) is 15.7. The molecule has 0 saturated heterocycles. The van der Waals surface area contributed by atoms with Gasteiger partial charge < -0.3 is 20.1 Å². The summed E-state index contributed by atoms with van der Waals surface area (Å²) in [5.74, 6) is -0.299. The first kappa shape index (κ1) is 17.5. The average Bonchev–Trinajstić information content (AvgIpc) is 2.37. The lowest BCUT2D eigenvalue weighted by Crippen LogP contribution is -2.29. The van der Waals surface area contributed by atoms with Gasteiger partial charge in [0.25, 0.3) is 0 Å². The largest absolute Gasteiger partial charge is 0.573 e. The normalized spacial score (nSPS) is 11.0. The summed E-state index contributed by atoms with van der Waals surface area (Å²) < 4.78 is 45.3. The van der Waals surface area contributed by atoms with E-state index in [-0.39, 0.29) is 5.75 Å². The molecule has 4 nitrogen and oxygen atoms in total. The fourth-order valence-electron chi connectivity index (χ4n) is 1.47. The molecule has 21 heavy (non-hydrogen) atoms. The Bertz CT molecular complexity index is 455. The molecular formula is C13H17F3N2O2S. The molecule has 118 valence electrons. The molecule has 8 heteroatoms. The highest BCUT2D eigenvalue weighted by atomic mass is 32.1. The Balaban J connectivity index is 2.40. The summed E-state index contributed by atoms with van der Waals surface area (Å²) in [6.07, 6.45) is -3.93. The smallest absolute Gasteiger partial charge is 0.406 e. The molecule has 0 atom stereocenters. The molecule has 0 aliphatic heterocycles. The fraction of sp³-hybridized carbons (Fsp3) is 0.462. The number of alkyl halides is 3. The molecular weight excluding hydrogens is 305 g/mol. The number of anilines is 1. The lowest BCUT2D eigenvalue weighted by molar-refractivity contribution is -0.274. The molecule has 0 aliphatic rings. The average molecular weight is 322 g/mol. The third-order valence-corrected chi connectivity index (χ3v) is 2.53. The molecule has 0 unspecified atom stereocenters. The molecule has 2 N–H and O–H groups in total. The number of rotatable bonds is 7. The third-order valence-electron chi connectivity index (χ3n) is 2.28. The van der Waals surface area contributed by atoms with Crippen LogP contribution in [-0.2, 0) is 4.74 Å². The number of thiocarbonyl (C=S) groups is 1. The van der Waals surface area contributed by atoms with Crippen LogP contribution < -0.4 is 15.4 Å². The van der Waals surface area contributed by atoms with E-state index in [1.807, 2.05) is 6.92 Å². The van der Waals surface area contributed by atoms with Gasteiger partial charge in [0.2, 0.25) is 0 Å². The Morgan fingerprint density at radius 2 is 2.10 bits per heavy atom. The first-order chi connectivity index (χ1) is 9.90. The van der Waals surface area contributed by atoms with Crippen molar-refractivity contribution in [2.45, 2.75) is 19.7 Å². The topological polar surface area (TPSA) is 42.5 Å². The highest BCUT2D eigenvalue weighted by Crippen LogP contribution is 2.24. The van der Waals surface area contributed by atoms with Crippen molar-refractivity contribution in [3.8, 4) is 5.75 Å². The first-order valence-corrected chi connectivity index (χ1v) is 6.80. The fourth-order valence-corrected chi connectivity index (χ4v) is 1.69. The van der Waals surface area contributed by atoms with E-state index in [1.54, 1.807) is 6.07 Å². The quantitative estimate of drug-likeness (QED) is 0.595. The Labute approximate surface area is 126 Å². The number of hydrogen-bond donors (Lipinski definition) is 2. The van der Waals surface area contributed by atoms with E-state index >= 15 is 0 Å². The maximum Gasteiger partial charge on any atom is 0.573 e. The predicted molar refractivity (Wildman–Crippen MR) is 78.5 cm³/mol. The van der Waals surface area contributed by atoms with Gasteiger partial charge in [0, 0.05) is 31.5 Å². The molecule has 0 fully saturated rings. The standard InChI is InChI=1S/C13H17F3N2O2S/c1-2-19-8-4-7-17-12(21)18-10-5-3-6-11(9-10)20-13(14,15)16/h3,5-6,9H,2,4,7-8H2,1H3,(H2,17,18,21). The Morgan fingerprint density at radius 3 is 2.76 bits per heavy atom. The van der Waals surface area contributed by atoms with E-state index < -0.39 is 6.36 Å². The second-order valence-electron chi connectivity index (χ2n) is 4.01. The number of ether oxygens (including phenoxy) is 2. The maximum atomic E-state index is 12.1. The van der Waals surface area contributed by atoms with Crippen LogP contribution in [0.2, 0.25) is 0 Å². The second-order valence-corrected chi connectivity index (χ2v) is 4.42. The van der Waals surface area contributed by atoms with Crippen molar-refractivity contribution in [3.63, 3.8) is 0 Å². The van der Waals surface area contributed by atoms with Crippen LogP contribution in [0.1, 0.15) is 13.3 Å². The lowest BCUT2D eigenvalue weighted by Gasteiger charge is -2.12. The van der Waals surface area contributed by atoms with Crippen LogP contribution in [0.4, 0.5) is 18.9 Å². The minimum Gasteiger partial charge on any atom is -0.406 e. The van der Waals surface area contributed by atoms with Gasteiger partial charge in [0.05, 0.1) is 0 Å². The van der Waals surface area contributed by atoms with Crippen LogP contribution >= 0.6 is 12.2 Å². The highest BCUT2D eigenvalue weighted by molar-refractivity contribution is 7.80. The van der Waals surface area contributed by atoms with Crippen molar-refractivity contribution in [3.05, 3.63) is 24.3 Å². The summed E-state index contributed by atoms with van der Waals surface area (Å²) in [4.78, 5) is 0. The Hall–Kier alpha value is -1.54. The molecule has 0 aromatic heterocycles. The van der Waals surface area contributed by atoms with Crippen molar-refractivity contribution >= 4 is 23.0 Å². The van der Waals surface area contributed by atoms with E-state index in [0.717, 1.165) is 6.42 Å². The van der Waals surface area contributed by atoms with Crippen molar-refractivity contribution in [2.75, 3.05) is 25.1 Å². The Morgan fingerprint density at radius 1 is 1.33 bits per heavy atom.